The van der Waals surface area contributed by atoms with Crippen LogP contribution in [0.5, 0.6) is 5.75 Å². The number of methoxy groups -OCH3 is 1. The number of thiazole rings is 1. The van der Waals surface area contributed by atoms with Crippen LogP contribution in [0.3, 0.4) is 0 Å². The van der Waals surface area contributed by atoms with E-state index >= 15 is 0 Å². The Morgan fingerprint density at radius 1 is 1.12 bits per heavy atom. The molecule has 0 amide bonds. The molecular formula is C21H20Cl2FN3O3S2. The summed E-state index contributed by atoms with van der Waals surface area (Å²) in [6, 6.07) is 9.20. The molecule has 4 rings (SSSR count). The Morgan fingerprint density at radius 3 is 2.56 bits per heavy atom. The van der Waals surface area contributed by atoms with Crippen LogP contribution in [0.4, 0.5) is 9.52 Å². The van der Waals surface area contributed by atoms with Gasteiger partial charge in [-0.3, -0.25) is 0 Å². The van der Waals surface area contributed by atoms with Gasteiger partial charge in [-0.1, -0.05) is 29.3 Å². The Labute approximate surface area is 200 Å². The summed E-state index contributed by atoms with van der Waals surface area (Å²) in [6.07, 6.45) is 0.541. The van der Waals surface area contributed by atoms with Crippen LogP contribution in [0.15, 0.2) is 46.7 Å². The number of sulfonamides is 1. The van der Waals surface area contributed by atoms with Crippen molar-refractivity contribution in [2.75, 3.05) is 38.2 Å². The molecule has 170 valence electrons. The van der Waals surface area contributed by atoms with Crippen LogP contribution < -0.4 is 9.64 Å². The number of ether oxygens (including phenoxy) is 1. The highest BCUT2D eigenvalue weighted by Crippen LogP contribution is 2.31. The van der Waals surface area contributed by atoms with E-state index in [9.17, 15) is 12.8 Å². The molecule has 0 radical (unpaired) electrons. The van der Waals surface area contributed by atoms with E-state index in [-0.39, 0.29) is 15.7 Å². The summed E-state index contributed by atoms with van der Waals surface area (Å²) in [7, 11) is -2.31. The lowest BCUT2D eigenvalue weighted by molar-refractivity contribution is 0.374. The fraction of sp³-hybridized carbons (Fsp3) is 0.286. The molecule has 2 aromatic carbocycles. The highest BCUT2D eigenvalue weighted by atomic mass is 35.5. The second kappa shape index (κ2) is 9.52. The van der Waals surface area contributed by atoms with Gasteiger partial charge in [-0.2, -0.15) is 4.31 Å². The van der Waals surface area contributed by atoms with E-state index in [1.54, 1.807) is 24.3 Å². The number of anilines is 1. The van der Waals surface area contributed by atoms with E-state index in [2.05, 4.69) is 9.88 Å². The quantitative estimate of drug-likeness (QED) is 0.476. The van der Waals surface area contributed by atoms with Crippen LogP contribution in [0.2, 0.25) is 10.0 Å². The lowest BCUT2D eigenvalue weighted by Gasteiger charge is -2.34. The molecule has 0 bridgehead atoms. The van der Waals surface area contributed by atoms with Gasteiger partial charge in [0.1, 0.15) is 16.5 Å². The van der Waals surface area contributed by atoms with Gasteiger partial charge < -0.3 is 9.64 Å². The first-order chi connectivity index (χ1) is 15.3. The summed E-state index contributed by atoms with van der Waals surface area (Å²) in [5.41, 5.74) is 1.73. The number of piperazine rings is 1. The normalized spacial score (nSPS) is 15.2. The minimum atomic E-state index is -3.74. The van der Waals surface area contributed by atoms with Crippen molar-refractivity contribution in [3.05, 3.63) is 68.9 Å². The maximum Gasteiger partial charge on any atom is 0.246 e. The molecule has 1 aliphatic rings. The van der Waals surface area contributed by atoms with E-state index in [1.807, 2.05) is 5.38 Å². The van der Waals surface area contributed by atoms with Crippen molar-refractivity contribution in [1.82, 2.24) is 9.29 Å². The number of halogens is 3. The number of hydrogen-bond donors (Lipinski definition) is 0. The minimum absolute atomic E-state index is 0.0652. The smallest absolute Gasteiger partial charge is 0.246 e. The molecule has 6 nitrogen and oxygen atoms in total. The van der Waals surface area contributed by atoms with Gasteiger partial charge in [-0.05, 0) is 35.9 Å². The molecule has 0 atom stereocenters. The van der Waals surface area contributed by atoms with Crippen molar-refractivity contribution in [2.45, 2.75) is 11.3 Å². The Kier molecular flexibility index (Phi) is 6.92. The van der Waals surface area contributed by atoms with Crippen molar-refractivity contribution in [2.24, 2.45) is 0 Å². The Bertz CT molecular complexity index is 1230. The van der Waals surface area contributed by atoms with Crippen LogP contribution in [0, 0.1) is 5.82 Å². The molecule has 1 fully saturated rings. The summed E-state index contributed by atoms with van der Waals surface area (Å²) >= 11 is 13.4. The van der Waals surface area contributed by atoms with Crippen LogP contribution in [0.1, 0.15) is 11.3 Å². The zero-order valence-corrected chi connectivity index (χ0v) is 20.2. The second-order valence-electron chi connectivity index (χ2n) is 7.23. The van der Waals surface area contributed by atoms with E-state index in [1.165, 1.54) is 34.9 Å². The zero-order chi connectivity index (χ0) is 22.9. The monoisotopic (exact) mass is 515 g/mol. The van der Waals surface area contributed by atoms with Gasteiger partial charge in [0.15, 0.2) is 5.13 Å². The number of nitrogens with zero attached hydrogens (tertiary/aromatic N) is 3. The SMILES string of the molecule is COc1ccc(Cl)cc1S(=O)(=O)N1CCN(c2nc(Cc3ccc(F)c(Cl)c3)cs2)CC1. The number of aromatic nitrogens is 1. The van der Waals surface area contributed by atoms with Gasteiger partial charge in [0.05, 0.1) is 17.8 Å². The fourth-order valence-electron chi connectivity index (χ4n) is 3.49. The van der Waals surface area contributed by atoms with Crippen molar-refractivity contribution in [3.8, 4) is 5.75 Å². The topological polar surface area (TPSA) is 62.7 Å². The largest absolute Gasteiger partial charge is 0.495 e. The minimum Gasteiger partial charge on any atom is -0.495 e. The number of benzene rings is 2. The standard InChI is InChI=1S/C21H20Cl2FN3O3S2/c1-30-19-5-3-15(22)12-20(19)32(28,29)27-8-6-26(7-9-27)21-25-16(13-31-21)10-14-2-4-18(24)17(23)11-14/h2-5,11-13H,6-10H2,1H3. The predicted molar refractivity (Wildman–Crippen MR) is 125 cm³/mol. The van der Waals surface area contributed by atoms with Crippen LogP contribution in [0.25, 0.3) is 0 Å². The third-order valence-electron chi connectivity index (χ3n) is 5.16. The van der Waals surface area contributed by atoms with Crippen molar-refractivity contribution in [1.29, 1.82) is 0 Å². The Balaban J connectivity index is 1.43. The van der Waals surface area contributed by atoms with Crippen LogP contribution in [-0.2, 0) is 16.4 Å². The van der Waals surface area contributed by atoms with E-state index < -0.39 is 15.8 Å². The molecular weight excluding hydrogens is 496 g/mol. The van der Waals surface area contributed by atoms with Gasteiger partial charge in [0.2, 0.25) is 10.0 Å². The highest BCUT2D eigenvalue weighted by molar-refractivity contribution is 7.89. The van der Waals surface area contributed by atoms with Gasteiger partial charge in [-0.15, -0.1) is 11.3 Å². The molecule has 0 aliphatic carbocycles. The summed E-state index contributed by atoms with van der Waals surface area (Å²) in [6.45, 7) is 1.66. The van der Waals surface area contributed by atoms with E-state index in [0.29, 0.717) is 37.6 Å². The predicted octanol–water partition coefficient (Wildman–Crippen LogP) is 4.70. The first kappa shape index (κ1) is 23.3. The third-order valence-corrected chi connectivity index (χ3v) is 8.56. The van der Waals surface area contributed by atoms with Crippen molar-refractivity contribution in [3.63, 3.8) is 0 Å². The van der Waals surface area contributed by atoms with Gasteiger partial charge in [-0.25, -0.2) is 17.8 Å². The molecule has 0 saturated carbocycles. The zero-order valence-electron chi connectivity index (χ0n) is 17.1. The fourth-order valence-corrected chi connectivity index (χ4v) is 6.42. The van der Waals surface area contributed by atoms with E-state index in [0.717, 1.165) is 16.4 Å². The number of hydrogen-bond acceptors (Lipinski definition) is 6. The first-order valence-electron chi connectivity index (χ1n) is 9.75. The van der Waals surface area contributed by atoms with Gasteiger partial charge in [0.25, 0.3) is 0 Å². The molecule has 32 heavy (non-hydrogen) atoms. The summed E-state index contributed by atoms with van der Waals surface area (Å²) in [5.74, 6) is -0.181. The van der Waals surface area contributed by atoms with Crippen LogP contribution in [-0.4, -0.2) is 51.0 Å². The molecule has 0 unspecified atom stereocenters. The summed E-state index contributed by atoms with van der Waals surface area (Å²) in [5, 5.41) is 3.20. The second-order valence-corrected chi connectivity index (χ2v) is 10.8. The summed E-state index contributed by atoms with van der Waals surface area (Å²) in [4.78, 5) is 6.80. The lowest BCUT2D eigenvalue weighted by atomic mass is 10.1. The highest BCUT2D eigenvalue weighted by Gasteiger charge is 2.31. The van der Waals surface area contributed by atoms with Crippen molar-refractivity contribution < 1.29 is 17.5 Å². The van der Waals surface area contributed by atoms with E-state index in [4.69, 9.17) is 27.9 Å². The molecule has 11 heteroatoms. The summed E-state index contributed by atoms with van der Waals surface area (Å²) < 4.78 is 46.3. The average molecular weight is 516 g/mol. The third kappa shape index (κ3) is 4.87. The number of rotatable bonds is 6. The maximum absolute atomic E-state index is 13.4. The molecule has 1 aliphatic heterocycles. The average Bonchev–Trinajstić information content (AvgIpc) is 3.25. The Hall–Kier alpha value is -1.91. The molecule has 3 aromatic rings. The molecule has 2 heterocycles. The van der Waals surface area contributed by atoms with Gasteiger partial charge >= 0.3 is 0 Å². The van der Waals surface area contributed by atoms with Gasteiger partial charge in [0, 0.05) is 43.0 Å². The molecule has 0 spiro atoms. The first-order valence-corrected chi connectivity index (χ1v) is 12.8. The van der Waals surface area contributed by atoms with Crippen LogP contribution >= 0.6 is 34.5 Å². The Morgan fingerprint density at radius 2 is 1.88 bits per heavy atom. The lowest BCUT2D eigenvalue weighted by Crippen LogP contribution is -2.48. The van der Waals surface area contributed by atoms with Crippen molar-refractivity contribution >= 4 is 49.7 Å². The molecule has 1 saturated heterocycles. The maximum atomic E-state index is 13.4. The molecule has 1 aromatic heterocycles. The molecule has 0 N–H and O–H groups in total.